The number of aliphatic hydroxyl groups is 1. The largest absolute Gasteiger partial charge is 0.396 e. The van der Waals surface area contributed by atoms with E-state index in [0.717, 1.165) is 12.0 Å². The van der Waals surface area contributed by atoms with Crippen molar-refractivity contribution in [2.24, 2.45) is 0 Å². The number of hydrogen-bond acceptors (Lipinski definition) is 3. The molecule has 5 nitrogen and oxygen atoms in total. The fourth-order valence-corrected chi connectivity index (χ4v) is 2.34. The molecule has 0 radical (unpaired) electrons. The minimum Gasteiger partial charge on any atom is -0.396 e. The van der Waals surface area contributed by atoms with Crippen LogP contribution >= 0.6 is 11.6 Å². The van der Waals surface area contributed by atoms with Gasteiger partial charge in [0.2, 0.25) is 0 Å². The molecule has 2 N–H and O–H groups in total. The minimum atomic E-state index is -0.157. The molecule has 2 aromatic rings. The van der Waals surface area contributed by atoms with Gasteiger partial charge in [-0.2, -0.15) is 5.10 Å². The summed E-state index contributed by atoms with van der Waals surface area (Å²) >= 11 is 6.12. The van der Waals surface area contributed by atoms with E-state index in [2.05, 4.69) is 10.4 Å². The molecule has 1 heterocycles. The van der Waals surface area contributed by atoms with Gasteiger partial charge in [0, 0.05) is 23.9 Å². The zero-order chi connectivity index (χ0) is 15.9. The SMILES string of the molecule is CC(CCCO)NC(=O)c1cnn(Cc2ccccc2Cl)c1. The van der Waals surface area contributed by atoms with Crippen LogP contribution in [-0.2, 0) is 6.54 Å². The first-order valence-electron chi connectivity index (χ1n) is 7.27. The standard InChI is InChI=1S/C16H20ClN3O2/c1-12(5-4-8-21)19-16(22)14-9-18-20(11-14)10-13-6-2-3-7-15(13)17/h2-3,6-7,9,11-12,21H,4-5,8,10H2,1H3,(H,19,22). The second-order valence-electron chi connectivity index (χ2n) is 5.26. The topological polar surface area (TPSA) is 67.2 Å². The summed E-state index contributed by atoms with van der Waals surface area (Å²) < 4.78 is 1.69. The first-order valence-corrected chi connectivity index (χ1v) is 7.65. The molecule has 0 aliphatic heterocycles. The van der Waals surface area contributed by atoms with Crippen molar-refractivity contribution in [3.05, 3.63) is 52.8 Å². The van der Waals surface area contributed by atoms with Gasteiger partial charge in [0.1, 0.15) is 0 Å². The van der Waals surface area contributed by atoms with Crippen LogP contribution in [-0.4, -0.2) is 33.4 Å². The molecular formula is C16H20ClN3O2. The summed E-state index contributed by atoms with van der Waals surface area (Å²) in [6.45, 7) is 2.57. The van der Waals surface area contributed by atoms with Crippen molar-refractivity contribution in [2.45, 2.75) is 32.4 Å². The molecule has 0 spiro atoms. The molecule has 6 heteroatoms. The molecule has 22 heavy (non-hydrogen) atoms. The Morgan fingerprint density at radius 2 is 2.23 bits per heavy atom. The fourth-order valence-electron chi connectivity index (χ4n) is 2.15. The molecule has 0 aliphatic rings. The zero-order valence-electron chi connectivity index (χ0n) is 12.5. The van der Waals surface area contributed by atoms with Crippen LogP contribution in [0.3, 0.4) is 0 Å². The molecule has 1 amide bonds. The molecule has 1 unspecified atom stereocenters. The Bertz CT molecular complexity index is 627. The maximum Gasteiger partial charge on any atom is 0.254 e. The van der Waals surface area contributed by atoms with Gasteiger partial charge in [0.15, 0.2) is 0 Å². The molecule has 1 aromatic carbocycles. The Labute approximate surface area is 134 Å². The van der Waals surface area contributed by atoms with Gasteiger partial charge < -0.3 is 10.4 Å². The van der Waals surface area contributed by atoms with Crippen molar-refractivity contribution in [3.8, 4) is 0 Å². The number of nitrogens with zero attached hydrogens (tertiary/aromatic N) is 2. The summed E-state index contributed by atoms with van der Waals surface area (Å²) in [4.78, 5) is 12.1. The van der Waals surface area contributed by atoms with Gasteiger partial charge in [0.05, 0.1) is 18.3 Å². The number of benzene rings is 1. The lowest BCUT2D eigenvalue weighted by atomic mass is 10.2. The van der Waals surface area contributed by atoms with Crippen LogP contribution in [0.5, 0.6) is 0 Å². The lowest BCUT2D eigenvalue weighted by molar-refractivity contribution is 0.0936. The Kier molecular flexibility index (Phi) is 5.98. The molecular weight excluding hydrogens is 302 g/mol. The van der Waals surface area contributed by atoms with Gasteiger partial charge in [-0.05, 0) is 31.4 Å². The number of halogens is 1. The maximum absolute atomic E-state index is 12.1. The van der Waals surface area contributed by atoms with E-state index in [4.69, 9.17) is 16.7 Å². The third-order valence-electron chi connectivity index (χ3n) is 3.36. The quantitative estimate of drug-likeness (QED) is 0.823. The van der Waals surface area contributed by atoms with Crippen molar-refractivity contribution >= 4 is 17.5 Å². The highest BCUT2D eigenvalue weighted by atomic mass is 35.5. The fraction of sp³-hybridized carbons (Fsp3) is 0.375. The summed E-state index contributed by atoms with van der Waals surface area (Å²) in [5, 5.41) is 16.6. The van der Waals surface area contributed by atoms with Gasteiger partial charge in [-0.25, -0.2) is 0 Å². The second-order valence-corrected chi connectivity index (χ2v) is 5.67. The number of aliphatic hydroxyl groups excluding tert-OH is 1. The van der Waals surface area contributed by atoms with Crippen LogP contribution in [0.2, 0.25) is 5.02 Å². The third-order valence-corrected chi connectivity index (χ3v) is 3.73. The lowest BCUT2D eigenvalue weighted by Crippen LogP contribution is -2.32. The van der Waals surface area contributed by atoms with Crippen LogP contribution in [0.1, 0.15) is 35.7 Å². The van der Waals surface area contributed by atoms with Crippen molar-refractivity contribution in [1.82, 2.24) is 15.1 Å². The van der Waals surface area contributed by atoms with E-state index in [0.29, 0.717) is 23.6 Å². The molecule has 0 fully saturated rings. The number of amides is 1. The Balaban J connectivity index is 1.96. The monoisotopic (exact) mass is 321 g/mol. The van der Waals surface area contributed by atoms with E-state index < -0.39 is 0 Å². The van der Waals surface area contributed by atoms with Gasteiger partial charge >= 0.3 is 0 Å². The molecule has 0 saturated heterocycles. The summed E-state index contributed by atoms with van der Waals surface area (Å²) in [5.74, 6) is -0.157. The number of hydrogen-bond donors (Lipinski definition) is 2. The number of carbonyl (C=O) groups excluding carboxylic acids is 1. The Morgan fingerprint density at radius 1 is 1.45 bits per heavy atom. The lowest BCUT2D eigenvalue weighted by Gasteiger charge is -2.12. The molecule has 1 atom stereocenters. The van der Waals surface area contributed by atoms with E-state index in [1.807, 2.05) is 31.2 Å². The average Bonchev–Trinajstić information content (AvgIpc) is 2.96. The highest BCUT2D eigenvalue weighted by Gasteiger charge is 2.12. The van der Waals surface area contributed by atoms with E-state index >= 15 is 0 Å². The van der Waals surface area contributed by atoms with Crippen molar-refractivity contribution in [2.75, 3.05) is 6.61 Å². The van der Waals surface area contributed by atoms with Crippen LogP contribution < -0.4 is 5.32 Å². The van der Waals surface area contributed by atoms with Gasteiger partial charge in [-0.1, -0.05) is 29.8 Å². The van der Waals surface area contributed by atoms with E-state index in [9.17, 15) is 4.79 Å². The van der Waals surface area contributed by atoms with E-state index in [-0.39, 0.29) is 18.6 Å². The van der Waals surface area contributed by atoms with Crippen LogP contribution in [0.4, 0.5) is 0 Å². The van der Waals surface area contributed by atoms with E-state index in [1.165, 1.54) is 0 Å². The molecule has 1 aromatic heterocycles. The average molecular weight is 322 g/mol. The highest BCUT2D eigenvalue weighted by Crippen LogP contribution is 2.16. The highest BCUT2D eigenvalue weighted by molar-refractivity contribution is 6.31. The number of nitrogens with one attached hydrogen (secondary N) is 1. The van der Waals surface area contributed by atoms with Crippen molar-refractivity contribution in [3.63, 3.8) is 0 Å². The molecule has 0 saturated carbocycles. The Morgan fingerprint density at radius 3 is 2.95 bits per heavy atom. The molecule has 0 aliphatic carbocycles. The smallest absolute Gasteiger partial charge is 0.254 e. The summed E-state index contributed by atoms with van der Waals surface area (Å²) in [6.07, 6.45) is 4.67. The molecule has 118 valence electrons. The van der Waals surface area contributed by atoms with E-state index in [1.54, 1.807) is 17.1 Å². The van der Waals surface area contributed by atoms with Crippen LogP contribution in [0.15, 0.2) is 36.7 Å². The normalized spacial score (nSPS) is 12.1. The van der Waals surface area contributed by atoms with Gasteiger partial charge in [-0.3, -0.25) is 9.48 Å². The number of rotatable bonds is 7. The minimum absolute atomic E-state index is 0.0200. The van der Waals surface area contributed by atoms with Gasteiger partial charge in [0.25, 0.3) is 5.91 Å². The van der Waals surface area contributed by atoms with Crippen LogP contribution in [0.25, 0.3) is 0 Å². The number of aromatic nitrogens is 2. The maximum atomic E-state index is 12.1. The number of carbonyl (C=O) groups is 1. The molecule has 0 bridgehead atoms. The van der Waals surface area contributed by atoms with Crippen molar-refractivity contribution in [1.29, 1.82) is 0 Å². The second kappa shape index (κ2) is 7.96. The zero-order valence-corrected chi connectivity index (χ0v) is 13.3. The predicted octanol–water partition coefficient (Wildman–Crippen LogP) is 2.48. The van der Waals surface area contributed by atoms with Crippen molar-refractivity contribution < 1.29 is 9.90 Å². The summed E-state index contributed by atoms with van der Waals surface area (Å²) in [6, 6.07) is 7.58. The summed E-state index contributed by atoms with van der Waals surface area (Å²) in [5.41, 5.74) is 1.47. The third kappa shape index (κ3) is 4.58. The predicted molar refractivity (Wildman–Crippen MR) is 86.0 cm³/mol. The first kappa shape index (κ1) is 16.5. The van der Waals surface area contributed by atoms with Crippen LogP contribution in [0, 0.1) is 0 Å². The molecule has 2 rings (SSSR count). The summed E-state index contributed by atoms with van der Waals surface area (Å²) in [7, 11) is 0. The Hall–Kier alpha value is -1.85. The first-order chi connectivity index (χ1) is 10.6. The van der Waals surface area contributed by atoms with Gasteiger partial charge in [-0.15, -0.1) is 0 Å².